The molecule has 19 heavy (non-hydrogen) atoms. The van der Waals surface area contributed by atoms with Gasteiger partial charge in [0.25, 0.3) is 5.91 Å². The number of methoxy groups -OCH3 is 2. The van der Waals surface area contributed by atoms with Gasteiger partial charge in [-0.15, -0.1) is 0 Å². The summed E-state index contributed by atoms with van der Waals surface area (Å²) in [6.45, 7) is -0.0496. The van der Waals surface area contributed by atoms with Crippen LogP contribution in [0.2, 0.25) is 0 Å². The van der Waals surface area contributed by atoms with Crippen LogP contribution >= 0.6 is 0 Å². The van der Waals surface area contributed by atoms with E-state index in [9.17, 15) is 13.2 Å². The number of primary sulfonamides is 1. The number of carbonyl (C=O) groups excluding carboxylic acids is 1. The van der Waals surface area contributed by atoms with Crippen LogP contribution in [0.5, 0.6) is 11.5 Å². The van der Waals surface area contributed by atoms with Gasteiger partial charge in [0.05, 0.1) is 20.0 Å². The molecule has 0 fully saturated rings. The number of nitrogens with one attached hydrogen (secondary N) is 1. The molecule has 0 bridgehead atoms. The highest BCUT2D eigenvalue weighted by molar-refractivity contribution is 7.89. The molecule has 1 aromatic rings. The first-order chi connectivity index (χ1) is 8.87. The van der Waals surface area contributed by atoms with Crippen LogP contribution in [0.25, 0.3) is 0 Å². The highest BCUT2D eigenvalue weighted by Gasteiger charge is 2.11. The van der Waals surface area contributed by atoms with Crippen molar-refractivity contribution in [2.24, 2.45) is 5.14 Å². The average Bonchev–Trinajstić information content (AvgIpc) is 2.36. The van der Waals surface area contributed by atoms with Crippen LogP contribution in [-0.4, -0.2) is 40.8 Å². The van der Waals surface area contributed by atoms with Gasteiger partial charge in [-0.05, 0) is 18.2 Å². The Morgan fingerprint density at radius 3 is 2.42 bits per heavy atom. The second kappa shape index (κ2) is 6.39. The molecule has 0 aliphatic rings. The zero-order valence-corrected chi connectivity index (χ0v) is 11.5. The van der Waals surface area contributed by atoms with E-state index < -0.39 is 15.9 Å². The van der Waals surface area contributed by atoms with Crippen molar-refractivity contribution < 1.29 is 22.7 Å². The molecule has 1 aromatic carbocycles. The normalized spacial score (nSPS) is 10.9. The third kappa shape index (κ3) is 4.76. The van der Waals surface area contributed by atoms with Crippen molar-refractivity contribution >= 4 is 15.9 Å². The minimum atomic E-state index is -3.58. The zero-order chi connectivity index (χ0) is 14.5. The van der Waals surface area contributed by atoms with E-state index in [0.717, 1.165) is 0 Å². The number of carbonyl (C=O) groups is 1. The molecule has 0 heterocycles. The Balaban J connectivity index is 2.72. The summed E-state index contributed by atoms with van der Waals surface area (Å²) in [5.74, 6) is 0.196. The van der Waals surface area contributed by atoms with Crippen LogP contribution in [0.3, 0.4) is 0 Å². The molecule has 0 aliphatic carbocycles. The molecule has 0 atom stereocenters. The molecule has 0 spiro atoms. The molecule has 0 aliphatic heterocycles. The van der Waals surface area contributed by atoms with Gasteiger partial charge in [-0.1, -0.05) is 0 Å². The summed E-state index contributed by atoms with van der Waals surface area (Å²) in [7, 11) is -0.636. The fourth-order valence-corrected chi connectivity index (χ4v) is 1.77. The molecule has 106 valence electrons. The molecule has 0 unspecified atom stereocenters. The predicted molar refractivity (Wildman–Crippen MR) is 69.9 cm³/mol. The number of benzene rings is 1. The van der Waals surface area contributed by atoms with Crippen LogP contribution in [0.1, 0.15) is 10.4 Å². The Morgan fingerprint density at radius 2 is 1.89 bits per heavy atom. The van der Waals surface area contributed by atoms with E-state index in [1.807, 2.05) is 0 Å². The number of sulfonamides is 1. The lowest BCUT2D eigenvalue weighted by atomic mass is 10.2. The molecule has 8 heteroatoms. The van der Waals surface area contributed by atoms with Crippen LogP contribution in [0.4, 0.5) is 0 Å². The van der Waals surface area contributed by atoms with Gasteiger partial charge in [0.2, 0.25) is 10.0 Å². The number of hydrogen-bond donors (Lipinski definition) is 2. The topological polar surface area (TPSA) is 108 Å². The first-order valence-corrected chi connectivity index (χ1v) is 7.09. The summed E-state index contributed by atoms with van der Waals surface area (Å²) in [5, 5.41) is 7.28. The van der Waals surface area contributed by atoms with E-state index in [2.05, 4.69) is 5.32 Å². The molecular formula is C11H16N2O5S. The SMILES string of the molecule is COc1ccc(C(=O)NCCS(N)(=O)=O)cc1OC. The lowest BCUT2D eigenvalue weighted by Gasteiger charge is -2.09. The highest BCUT2D eigenvalue weighted by Crippen LogP contribution is 2.27. The van der Waals surface area contributed by atoms with Crippen molar-refractivity contribution in [1.82, 2.24) is 5.32 Å². The number of nitrogens with two attached hydrogens (primary N) is 1. The van der Waals surface area contributed by atoms with E-state index in [1.54, 1.807) is 12.1 Å². The quantitative estimate of drug-likeness (QED) is 0.748. The predicted octanol–water partition coefficient (Wildman–Crippen LogP) is -0.278. The Labute approximate surface area is 111 Å². The van der Waals surface area contributed by atoms with Crippen molar-refractivity contribution in [1.29, 1.82) is 0 Å². The van der Waals surface area contributed by atoms with Crippen molar-refractivity contribution in [2.45, 2.75) is 0 Å². The Bertz CT molecular complexity index is 556. The van der Waals surface area contributed by atoms with Crippen LogP contribution in [-0.2, 0) is 10.0 Å². The van der Waals surface area contributed by atoms with Crippen LogP contribution < -0.4 is 19.9 Å². The minimum Gasteiger partial charge on any atom is -0.493 e. The fourth-order valence-electron chi connectivity index (χ4n) is 1.39. The van der Waals surface area contributed by atoms with Crippen LogP contribution in [0.15, 0.2) is 18.2 Å². The number of rotatable bonds is 6. The molecule has 0 radical (unpaired) electrons. The van der Waals surface area contributed by atoms with Crippen molar-refractivity contribution in [3.63, 3.8) is 0 Å². The second-order valence-electron chi connectivity index (χ2n) is 3.69. The van der Waals surface area contributed by atoms with Gasteiger partial charge in [-0.3, -0.25) is 4.79 Å². The second-order valence-corrected chi connectivity index (χ2v) is 5.43. The minimum absolute atomic E-state index is 0.0496. The van der Waals surface area contributed by atoms with E-state index in [-0.39, 0.29) is 12.3 Å². The standard InChI is InChI=1S/C11H16N2O5S/c1-17-9-4-3-8(7-10(9)18-2)11(14)13-5-6-19(12,15)16/h3-4,7H,5-6H2,1-2H3,(H,13,14)(H2,12,15,16). The maximum atomic E-state index is 11.8. The largest absolute Gasteiger partial charge is 0.493 e. The first-order valence-electron chi connectivity index (χ1n) is 5.38. The average molecular weight is 288 g/mol. The van der Waals surface area contributed by atoms with Gasteiger partial charge in [0.1, 0.15) is 0 Å². The van der Waals surface area contributed by atoms with Gasteiger partial charge in [-0.2, -0.15) is 0 Å². The van der Waals surface area contributed by atoms with Crippen molar-refractivity contribution in [2.75, 3.05) is 26.5 Å². The van der Waals surface area contributed by atoms with Gasteiger partial charge < -0.3 is 14.8 Å². The molecule has 3 N–H and O–H groups in total. The number of ether oxygens (including phenoxy) is 2. The molecule has 7 nitrogen and oxygen atoms in total. The van der Waals surface area contributed by atoms with Crippen molar-refractivity contribution in [3.05, 3.63) is 23.8 Å². The zero-order valence-electron chi connectivity index (χ0n) is 10.7. The first kappa shape index (κ1) is 15.3. The van der Waals surface area contributed by atoms with Gasteiger partial charge in [-0.25, -0.2) is 13.6 Å². The molecule has 1 rings (SSSR count). The monoisotopic (exact) mass is 288 g/mol. The van der Waals surface area contributed by atoms with Gasteiger partial charge in [0, 0.05) is 12.1 Å². The fraction of sp³-hybridized carbons (Fsp3) is 0.364. The molecular weight excluding hydrogens is 272 g/mol. The van der Waals surface area contributed by atoms with Gasteiger partial charge >= 0.3 is 0 Å². The molecule has 0 aromatic heterocycles. The summed E-state index contributed by atoms with van der Waals surface area (Å²) in [4.78, 5) is 11.8. The molecule has 0 saturated heterocycles. The summed E-state index contributed by atoms with van der Waals surface area (Å²) >= 11 is 0. The summed E-state index contributed by atoms with van der Waals surface area (Å²) in [6, 6.07) is 4.65. The lowest BCUT2D eigenvalue weighted by Crippen LogP contribution is -2.31. The van der Waals surface area contributed by atoms with E-state index >= 15 is 0 Å². The maximum absolute atomic E-state index is 11.8. The third-order valence-corrected chi connectivity index (χ3v) is 3.09. The Kier molecular flexibility index (Phi) is 5.13. The molecule has 1 amide bonds. The van der Waals surface area contributed by atoms with Crippen LogP contribution in [0, 0.1) is 0 Å². The summed E-state index contributed by atoms with van der Waals surface area (Å²) in [6.07, 6.45) is 0. The third-order valence-electron chi connectivity index (χ3n) is 2.32. The van der Waals surface area contributed by atoms with Crippen molar-refractivity contribution in [3.8, 4) is 11.5 Å². The molecule has 0 saturated carbocycles. The summed E-state index contributed by atoms with van der Waals surface area (Å²) < 4.78 is 31.6. The van der Waals surface area contributed by atoms with E-state index in [4.69, 9.17) is 14.6 Å². The number of hydrogen-bond acceptors (Lipinski definition) is 5. The summed E-state index contributed by atoms with van der Waals surface area (Å²) in [5.41, 5.74) is 0.340. The van der Waals surface area contributed by atoms with Gasteiger partial charge in [0.15, 0.2) is 11.5 Å². The Morgan fingerprint density at radius 1 is 1.26 bits per heavy atom. The smallest absolute Gasteiger partial charge is 0.251 e. The highest BCUT2D eigenvalue weighted by atomic mass is 32.2. The maximum Gasteiger partial charge on any atom is 0.251 e. The Hall–Kier alpha value is -1.80. The van der Waals surface area contributed by atoms with E-state index in [1.165, 1.54) is 20.3 Å². The van der Waals surface area contributed by atoms with E-state index in [0.29, 0.717) is 17.1 Å². The number of amides is 1. The lowest BCUT2D eigenvalue weighted by molar-refractivity contribution is 0.0955.